The van der Waals surface area contributed by atoms with Gasteiger partial charge in [-0.2, -0.15) is 0 Å². The van der Waals surface area contributed by atoms with Crippen molar-refractivity contribution >= 4 is 23.4 Å². The molecule has 122 valence electrons. The Labute approximate surface area is 137 Å². The number of nitrogens with one attached hydrogen (secondary N) is 1. The normalized spacial score (nSPS) is 19.5. The first-order valence-corrected chi connectivity index (χ1v) is 8.08. The van der Waals surface area contributed by atoms with E-state index in [9.17, 15) is 4.79 Å². The zero-order valence-electron chi connectivity index (χ0n) is 13.4. The molecule has 0 bridgehead atoms. The Hall–Kier alpha value is -1.49. The van der Waals surface area contributed by atoms with Gasteiger partial charge in [-0.05, 0) is 52.2 Å². The second-order valence-corrected chi connectivity index (χ2v) is 6.94. The van der Waals surface area contributed by atoms with E-state index in [0.29, 0.717) is 11.7 Å². The number of ether oxygens (including phenoxy) is 1. The molecule has 0 spiro atoms. The van der Waals surface area contributed by atoms with Gasteiger partial charge in [0.05, 0.1) is 5.69 Å². The lowest BCUT2D eigenvalue weighted by atomic mass is 10.1. The molecule has 1 N–H and O–H groups in total. The number of likely N-dealkylation sites (tertiary alicyclic amines) is 1. The van der Waals surface area contributed by atoms with E-state index < -0.39 is 5.60 Å². The molecule has 2 rings (SSSR count). The predicted octanol–water partition coefficient (Wildman–Crippen LogP) is 3.94. The van der Waals surface area contributed by atoms with Gasteiger partial charge >= 0.3 is 6.09 Å². The van der Waals surface area contributed by atoms with E-state index in [2.05, 4.69) is 10.3 Å². The van der Waals surface area contributed by atoms with Crippen LogP contribution in [0.25, 0.3) is 0 Å². The number of aromatic nitrogens is 1. The molecule has 2 heterocycles. The number of pyridine rings is 1. The first-order valence-electron chi connectivity index (χ1n) is 7.70. The van der Waals surface area contributed by atoms with Gasteiger partial charge in [-0.25, -0.2) is 9.78 Å². The Kier molecular flexibility index (Phi) is 5.51. The first-order chi connectivity index (χ1) is 10.3. The third-order valence-corrected chi connectivity index (χ3v) is 3.80. The molecule has 0 aliphatic carbocycles. The second-order valence-electron chi connectivity index (χ2n) is 6.58. The highest BCUT2D eigenvalue weighted by Crippen LogP contribution is 2.22. The van der Waals surface area contributed by atoms with E-state index in [1.54, 1.807) is 11.1 Å². The van der Waals surface area contributed by atoms with Crippen LogP contribution >= 0.6 is 11.6 Å². The molecule has 0 aromatic carbocycles. The van der Waals surface area contributed by atoms with Crippen LogP contribution in [-0.2, 0) is 4.74 Å². The van der Waals surface area contributed by atoms with Crippen molar-refractivity contribution < 1.29 is 9.53 Å². The Morgan fingerprint density at radius 2 is 2.18 bits per heavy atom. The molecule has 0 saturated carbocycles. The van der Waals surface area contributed by atoms with Crippen LogP contribution in [-0.4, -0.2) is 40.7 Å². The Bertz CT molecular complexity index is 516. The average Bonchev–Trinajstić information content (AvgIpc) is 2.65. The Balaban J connectivity index is 1.90. The van der Waals surface area contributed by atoms with Crippen molar-refractivity contribution in [3.05, 3.63) is 23.5 Å². The van der Waals surface area contributed by atoms with E-state index in [0.717, 1.165) is 31.5 Å². The summed E-state index contributed by atoms with van der Waals surface area (Å²) in [6.07, 6.45) is 4.24. The molecule has 1 saturated heterocycles. The van der Waals surface area contributed by atoms with Gasteiger partial charge in [-0.1, -0.05) is 11.6 Å². The van der Waals surface area contributed by atoms with Crippen LogP contribution in [0.4, 0.5) is 10.5 Å². The summed E-state index contributed by atoms with van der Waals surface area (Å²) in [4.78, 5) is 18.0. The lowest BCUT2D eigenvalue weighted by Crippen LogP contribution is -2.37. The fraction of sp³-hybridized carbons (Fsp3) is 0.625. The summed E-state index contributed by atoms with van der Waals surface area (Å²) >= 11 is 6.08. The van der Waals surface area contributed by atoms with E-state index in [-0.39, 0.29) is 12.1 Å². The molecule has 6 heteroatoms. The largest absolute Gasteiger partial charge is 0.444 e. The highest BCUT2D eigenvalue weighted by atomic mass is 35.5. The molecule has 1 aliphatic heterocycles. The predicted molar refractivity (Wildman–Crippen MR) is 88.3 cm³/mol. The van der Waals surface area contributed by atoms with Crippen LogP contribution in [0.15, 0.2) is 18.3 Å². The van der Waals surface area contributed by atoms with Gasteiger partial charge in [0.25, 0.3) is 0 Å². The third kappa shape index (κ3) is 5.05. The smallest absolute Gasteiger partial charge is 0.410 e. The number of amides is 1. The van der Waals surface area contributed by atoms with Gasteiger partial charge < -0.3 is 15.0 Å². The fourth-order valence-electron chi connectivity index (χ4n) is 2.46. The fourth-order valence-corrected chi connectivity index (χ4v) is 2.64. The summed E-state index contributed by atoms with van der Waals surface area (Å²) in [7, 11) is 0. The number of hydrogen-bond acceptors (Lipinski definition) is 4. The molecular formula is C16H24ClN3O2. The van der Waals surface area contributed by atoms with Crippen molar-refractivity contribution in [2.75, 3.05) is 18.4 Å². The van der Waals surface area contributed by atoms with Gasteiger partial charge in [0.2, 0.25) is 0 Å². The van der Waals surface area contributed by atoms with E-state index in [4.69, 9.17) is 16.3 Å². The highest BCUT2D eigenvalue weighted by Gasteiger charge is 2.25. The molecule has 22 heavy (non-hydrogen) atoms. The SMILES string of the molecule is CC(C)(C)OC(=O)N1CCCC(Nc2cccnc2Cl)CC1. The number of halogens is 1. The van der Waals surface area contributed by atoms with E-state index >= 15 is 0 Å². The Morgan fingerprint density at radius 3 is 2.86 bits per heavy atom. The zero-order valence-corrected chi connectivity index (χ0v) is 14.2. The minimum absolute atomic E-state index is 0.229. The lowest BCUT2D eigenvalue weighted by Gasteiger charge is -2.26. The highest BCUT2D eigenvalue weighted by molar-refractivity contribution is 6.31. The minimum atomic E-state index is -0.454. The molecule has 0 radical (unpaired) electrons. The van der Waals surface area contributed by atoms with Gasteiger partial charge in [0.1, 0.15) is 5.60 Å². The maximum atomic E-state index is 12.1. The summed E-state index contributed by atoms with van der Waals surface area (Å²) in [5, 5.41) is 3.91. The summed E-state index contributed by atoms with van der Waals surface area (Å²) in [6, 6.07) is 4.07. The molecule has 5 nitrogen and oxygen atoms in total. The molecule has 1 unspecified atom stereocenters. The van der Waals surface area contributed by atoms with Crippen LogP contribution < -0.4 is 5.32 Å². The summed E-state index contributed by atoms with van der Waals surface area (Å²) < 4.78 is 5.44. The van der Waals surface area contributed by atoms with Crippen LogP contribution in [0.3, 0.4) is 0 Å². The lowest BCUT2D eigenvalue weighted by molar-refractivity contribution is 0.0256. The quantitative estimate of drug-likeness (QED) is 0.837. The number of nitrogens with zero attached hydrogens (tertiary/aromatic N) is 2. The topological polar surface area (TPSA) is 54.5 Å². The van der Waals surface area contributed by atoms with Gasteiger partial charge in [0.15, 0.2) is 5.15 Å². The van der Waals surface area contributed by atoms with Crippen molar-refractivity contribution in [1.29, 1.82) is 0 Å². The molecule has 1 aromatic heterocycles. The summed E-state index contributed by atoms with van der Waals surface area (Å²) in [5.74, 6) is 0. The minimum Gasteiger partial charge on any atom is -0.444 e. The summed E-state index contributed by atoms with van der Waals surface area (Å²) in [5.41, 5.74) is 0.393. The van der Waals surface area contributed by atoms with Crippen LogP contribution in [0, 0.1) is 0 Å². The standard InChI is InChI=1S/C16H24ClN3O2/c1-16(2,3)22-15(21)20-10-5-6-12(8-11-20)19-13-7-4-9-18-14(13)17/h4,7,9,12,19H,5-6,8,10-11H2,1-3H3. The van der Waals surface area contributed by atoms with Crippen molar-refractivity contribution in [3.63, 3.8) is 0 Å². The van der Waals surface area contributed by atoms with E-state index in [1.807, 2.05) is 32.9 Å². The van der Waals surface area contributed by atoms with Crippen LogP contribution in [0.5, 0.6) is 0 Å². The van der Waals surface area contributed by atoms with Crippen molar-refractivity contribution in [3.8, 4) is 0 Å². The number of rotatable bonds is 2. The van der Waals surface area contributed by atoms with Crippen molar-refractivity contribution in [2.45, 2.75) is 51.7 Å². The number of anilines is 1. The third-order valence-electron chi connectivity index (χ3n) is 3.50. The van der Waals surface area contributed by atoms with Crippen LogP contribution in [0.1, 0.15) is 40.0 Å². The zero-order chi connectivity index (χ0) is 16.2. The van der Waals surface area contributed by atoms with Gasteiger partial charge in [-0.3, -0.25) is 0 Å². The molecule has 1 aliphatic rings. The van der Waals surface area contributed by atoms with Crippen LogP contribution in [0.2, 0.25) is 5.15 Å². The number of hydrogen-bond donors (Lipinski definition) is 1. The molecule has 1 aromatic rings. The average molecular weight is 326 g/mol. The second kappa shape index (κ2) is 7.18. The number of carbonyl (C=O) groups excluding carboxylic acids is 1. The van der Waals surface area contributed by atoms with Gasteiger partial charge in [0, 0.05) is 25.3 Å². The van der Waals surface area contributed by atoms with Gasteiger partial charge in [-0.15, -0.1) is 0 Å². The maximum absolute atomic E-state index is 12.1. The van der Waals surface area contributed by atoms with Crippen molar-refractivity contribution in [1.82, 2.24) is 9.88 Å². The van der Waals surface area contributed by atoms with E-state index in [1.165, 1.54) is 0 Å². The molecule has 1 amide bonds. The molecule has 1 fully saturated rings. The molecule has 1 atom stereocenters. The van der Waals surface area contributed by atoms with Crippen molar-refractivity contribution in [2.24, 2.45) is 0 Å². The number of carbonyl (C=O) groups is 1. The molecular weight excluding hydrogens is 302 g/mol. The first kappa shape index (κ1) is 16.9. The Morgan fingerprint density at radius 1 is 1.41 bits per heavy atom. The summed E-state index contributed by atoms with van der Waals surface area (Å²) in [6.45, 7) is 7.07. The maximum Gasteiger partial charge on any atom is 0.410 e. The monoisotopic (exact) mass is 325 g/mol.